The summed E-state index contributed by atoms with van der Waals surface area (Å²) in [6.07, 6.45) is 6.14. The van der Waals surface area contributed by atoms with Crippen LogP contribution in [0.4, 0.5) is 11.4 Å². The molecule has 1 aliphatic heterocycles. The molecule has 0 amide bonds. The van der Waals surface area contributed by atoms with E-state index in [1.807, 2.05) is 30.3 Å². The highest BCUT2D eigenvalue weighted by molar-refractivity contribution is 7.89. The van der Waals surface area contributed by atoms with Crippen molar-refractivity contribution in [3.05, 3.63) is 53.6 Å². The van der Waals surface area contributed by atoms with E-state index >= 15 is 0 Å². The summed E-state index contributed by atoms with van der Waals surface area (Å²) in [5, 5.41) is 20.4. The van der Waals surface area contributed by atoms with Gasteiger partial charge in [0, 0.05) is 44.7 Å². The lowest BCUT2D eigenvalue weighted by Gasteiger charge is -2.26. The van der Waals surface area contributed by atoms with Crippen LogP contribution in [-0.2, 0) is 21.5 Å². The second kappa shape index (κ2) is 10.9. The Kier molecular flexibility index (Phi) is 7.44. The number of benzene rings is 2. The summed E-state index contributed by atoms with van der Waals surface area (Å²) in [5.74, 6) is 1.49. The van der Waals surface area contributed by atoms with Crippen LogP contribution in [0.5, 0.6) is 0 Å². The van der Waals surface area contributed by atoms with Gasteiger partial charge in [0.25, 0.3) is 0 Å². The van der Waals surface area contributed by atoms with Crippen molar-refractivity contribution in [2.45, 2.75) is 50.0 Å². The first-order valence-electron chi connectivity index (χ1n) is 12.8. The van der Waals surface area contributed by atoms with E-state index in [1.165, 1.54) is 30.0 Å². The number of nitriles is 1. The molecule has 1 saturated heterocycles. The molecule has 0 unspecified atom stereocenters. The molecule has 8 nitrogen and oxygen atoms in total. The van der Waals surface area contributed by atoms with Crippen LogP contribution in [0, 0.1) is 23.2 Å². The van der Waals surface area contributed by atoms with Crippen LogP contribution in [0.15, 0.2) is 52.5 Å². The van der Waals surface area contributed by atoms with Crippen molar-refractivity contribution in [2.24, 2.45) is 17.0 Å². The smallest absolute Gasteiger partial charge is 0.243 e. The number of nitrogens with one attached hydrogen (secondary N) is 2. The number of hydrogen-bond donors (Lipinski definition) is 2. The zero-order valence-electron chi connectivity index (χ0n) is 20.4. The molecule has 2 aromatic carbocycles. The van der Waals surface area contributed by atoms with Crippen molar-refractivity contribution in [2.75, 3.05) is 36.8 Å². The Labute approximate surface area is 213 Å². The fraction of sp³-hybridized carbons (Fsp3) is 0.481. The lowest BCUT2D eigenvalue weighted by molar-refractivity contribution is 0.128. The summed E-state index contributed by atoms with van der Waals surface area (Å²) in [5.41, 5.74) is 4.15. The second-order valence-electron chi connectivity index (χ2n) is 10.00. The third kappa shape index (κ3) is 6.37. The number of rotatable bonds is 11. The van der Waals surface area contributed by atoms with Crippen LogP contribution in [0.1, 0.15) is 49.7 Å². The van der Waals surface area contributed by atoms with Crippen LogP contribution in [-0.4, -0.2) is 44.6 Å². The number of hydrogen-bond acceptors (Lipinski definition) is 7. The first-order chi connectivity index (χ1) is 17.5. The van der Waals surface area contributed by atoms with E-state index in [9.17, 15) is 13.7 Å². The molecule has 2 aliphatic carbocycles. The molecule has 0 aromatic heterocycles. The van der Waals surface area contributed by atoms with E-state index in [4.69, 9.17) is 4.84 Å². The van der Waals surface area contributed by atoms with Gasteiger partial charge in [0.15, 0.2) is 0 Å². The second-order valence-corrected chi connectivity index (χ2v) is 11.9. The van der Waals surface area contributed by atoms with Gasteiger partial charge in [-0.1, -0.05) is 11.2 Å². The molecule has 2 saturated carbocycles. The minimum Gasteiger partial charge on any atom is -0.391 e. The van der Waals surface area contributed by atoms with Gasteiger partial charge in [0.1, 0.15) is 12.7 Å². The standard InChI is InChI=1S/C27H33N5O3S/c28-16-23-15-22(5-10-27(23)30-18-21-3-4-21)19-35-31-25-11-13-32(14-12-25)36(33,34)26-8-6-24(7-9-26)29-17-20-1-2-20/h5-10,15,20-21,29-30H,1-4,11-14,17-19H2. The maximum atomic E-state index is 13.1. The summed E-state index contributed by atoms with van der Waals surface area (Å²) >= 11 is 0. The van der Waals surface area contributed by atoms with E-state index in [1.54, 1.807) is 12.1 Å². The summed E-state index contributed by atoms with van der Waals surface area (Å²) < 4.78 is 27.6. The quantitative estimate of drug-likeness (QED) is 0.432. The van der Waals surface area contributed by atoms with E-state index in [0.717, 1.165) is 47.6 Å². The zero-order chi connectivity index (χ0) is 25.0. The molecule has 5 rings (SSSR count). The first-order valence-corrected chi connectivity index (χ1v) is 14.2. The lowest BCUT2D eigenvalue weighted by Crippen LogP contribution is -2.38. The topological polar surface area (TPSA) is 107 Å². The van der Waals surface area contributed by atoms with Crippen molar-refractivity contribution in [1.29, 1.82) is 5.26 Å². The largest absolute Gasteiger partial charge is 0.391 e. The normalized spacial score (nSPS) is 18.4. The van der Waals surface area contributed by atoms with Gasteiger partial charge >= 0.3 is 0 Å². The highest BCUT2D eigenvalue weighted by Crippen LogP contribution is 2.30. The van der Waals surface area contributed by atoms with Gasteiger partial charge in [0.05, 0.1) is 21.9 Å². The third-order valence-electron chi connectivity index (χ3n) is 6.99. The molecule has 3 fully saturated rings. The Morgan fingerprint density at radius 3 is 2.28 bits per heavy atom. The number of nitrogens with zero attached hydrogens (tertiary/aromatic N) is 3. The molecule has 1 heterocycles. The molecule has 2 aromatic rings. The predicted octanol–water partition coefficient (Wildman–Crippen LogP) is 4.56. The van der Waals surface area contributed by atoms with Gasteiger partial charge in [-0.2, -0.15) is 9.57 Å². The molecular formula is C27H33N5O3S. The maximum Gasteiger partial charge on any atom is 0.243 e. The molecule has 3 aliphatic rings. The first kappa shape index (κ1) is 24.6. The Morgan fingerprint density at radius 1 is 0.972 bits per heavy atom. The average Bonchev–Trinajstić information content (AvgIpc) is 3.82. The van der Waals surface area contributed by atoms with Crippen molar-refractivity contribution in [3.8, 4) is 6.07 Å². The predicted molar refractivity (Wildman–Crippen MR) is 140 cm³/mol. The minimum atomic E-state index is -3.53. The molecule has 2 N–H and O–H groups in total. The van der Waals surface area contributed by atoms with Gasteiger partial charge in [-0.3, -0.25) is 0 Å². The molecule has 9 heteroatoms. The Hall–Kier alpha value is -3.09. The van der Waals surface area contributed by atoms with Crippen LogP contribution >= 0.6 is 0 Å². The van der Waals surface area contributed by atoms with Gasteiger partial charge < -0.3 is 15.5 Å². The average molecular weight is 508 g/mol. The Bertz CT molecular complexity index is 1240. The van der Waals surface area contributed by atoms with Gasteiger partial charge in [0.2, 0.25) is 10.0 Å². The maximum absolute atomic E-state index is 13.1. The Morgan fingerprint density at radius 2 is 1.64 bits per heavy atom. The van der Waals surface area contributed by atoms with Crippen molar-refractivity contribution >= 4 is 27.1 Å². The highest BCUT2D eigenvalue weighted by atomic mass is 32.2. The van der Waals surface area contributed by atoms with Crippen molar-refractivity contribution < 1.29 is 13.3 Å². The SMILES string of the molecule is N#Cc1cc(CON=C2CCN(S(=O)(=O)c3ccc(NCC4CC4)cc3)CC2)ccc1NCC1CC1. The van der Waals surface area contributed by atoms with Crippen molar-refractivity contribution in [3.63, 3.8) is 0 Å². The van der Waals surface area contributed by atoms with Crippen LogP contribution in [0.3, 0.4) is 0 Å². The molecule has 190 valence electrons. The van der Waals surface area contributed by atoms with E-state index in [-0.39, 0.29) is 6.61 Å². The summed E-state index contributed by atoms with van der Waals surface area (Å²) in [6, 6.07) is 15.0. The molecule has 0 atom stereocenters. The fourth-order valence-electron chi connectivity index (χ4n) is 4.26. The zero-order valence-corrected chi connectivity index (χ0v) is 21.3. The van der Waals surface area contributed by atoms with Gasteiger partial charge in [-0.05, 0) is 79.5 Å². The molecular weight excluding hydrogens is 474 g/mol. The molecule has 0 bridgehead atoms. The lowest BCUT2D eigenvalue weighted by atomic mass is 10.1. The van der Waals surface area contributed by atoms with Crippen LogP contribution in [0.25, 0.3) is 0 Å². The van der Waals surface area contributed by atoms with Gasteiger partial charge in [-0.15, -0.1) is 0 Å². The number of anilines is 2. The number of oxime groups is 1. The number of sulfonamides is 1. The van der Waals surface area contributed by atoms with Gasteiger partial charge in [-0.25, -0.2) is 8.42 Å². The van der Waals surface area contributed by atoms with Crippen molar-refractivity contribution in [1.82, 2.24) is 4.31 Å². The monoisotopic (exact) mass is 507 g/mol. The van der Waals surface area contributed by atoms with Crippen LogP contribution in [0.2, 0.25) is 0 Å². The molecule has 0 spiro atoms. The molecule has 36 heavy (non-hydrogen) atoms. The highest BCUT2D eigenvalue weighted by Gasteiger charge is 2.28. The van der Waals surface area contributed by atoms with E-state index < -0.39 is 10.0 Å². The summed E-state index contributed by atoms with van der Waals surface area (Å²) in [4.78, 5) is 5.87. The summed E-state index contributed by atoms with van der Waals surface area (Å²) in [6.45, 7) is 2.89. The molecule has 0 radical (unpaired) electrons. The number of piperidine rings is 1. The summed E-state index contributed by atoms with van der Waals surface area (Å²) in [7, 11) is -3.53. The Balaban J connectivity index is 1.10. The van der Waals surface area contributed by atoms with E-state index in [0.29, 0.717) is 36.4 Å². The fourth-order valence-corrected chi connectivity index (χ4v) is 5.70. The minimum absolute atomic E-state index is 0.268. The van der Waals surface area contributed by atoms with Crippen LogP contribution < -0.4 is 10.6 Å². The third-order valence-corrected chi connectivity index (χ3v) is 8.90. The van der Waals surface area contributed by atoms with E-state index in [2.05, 4.69) is 21.9 Å².